The Morgan fingerprint density at radius 1 is 1.20 bits per heavy atom. The van der Waals surface area contributed by atoms with E-state index in [0.717, 1.165) is 34.6 Å². The van der Waals surface area contributed by atoms with Crippen molar-refractivity contribution in [3.05, 3.63) is 22.2 Å². The summed E-state index contributed by atoms with van der Waals surface area (Å²) < 4.78 is 11.7. The first kappa shape index (κ1) is 17.3. The summed E-state index contributed by atoms with van der Waals surface area (Å²) in [5, 5.41) is 0. The summed E-state index contributed by atoms with van der Waals surface area (Å²) in [5.74, 6) is 1.67. The maximum atomic E-state index is 5.79. The molecule has 2 N–H and O–H groups in total. The molecule has 0 heterocycles. The fourth-order valence-corrected chi connectivity index (χ4v) is 2.67. The lowest BCUT2D eigenvalue weighted by atomic mass is 9.93. The number of nitrogens with zero attached hydrogens (tertiary/aromatic N) is 1. The highest BCUT2D eigenvalue weighted by Crippen LogP contribution is 2.33. The van der Waals surface area contributed by atoms with Crippen LogP contribution in [0.4, 0.5) is 0 Å². The van der Waals surface area contributed by atoms with Crippen LogP contribution in [-0.2, 0) is 6.54 Å². The van der Waals surface area contributed by atoms with Crippen LogP contribution in [0.5, 0.6) is 11.5 Å². The van der Waals surface area contributed by atoms with Crippen molar-refractivity contribution in [2.24, 2.45) is 11.1 Å². The number of methoxy groups -OCH3 is 2. The fraction of sp³-hybridized carbons (Fsp3) is 0.600. The van der Waals surface area contributed by atoms with Gasteiger partial charge in [0.1, 0.15) is 11.5 Å². The third kappa shape index (κ3) is 4.65. The summed E-state index contributed by atoms with van der Waals surface area (Å²) in [4.78, 5) is 2.25. The molecule has 0 amide bonds. The topological polar surface area (TPSA) is 47.7 Å². The SMILES string of the molecule is COc1cc(CN(C)CC(C)(C)CN)c(OC)cc1Br. The molecule has 0 aromatic heterocycles. The van der Waals surface area contributed by atoms with Crippen LogP contribution in [0.25, 0.3) is 0 Å². The molecule has 1 rings (SSSR count). The van der Waals surface area contributed by atoms with Gasteiger partial charge in [-0.15, -0.1) is 0 Å². The molecule has 4 nitrogen and oxygen atoms in total. The lowest BCUT2D eigenvalue weighted by Crippen LogP contribution is -2.36. The molecule has 0 spiro atoms. The second-order valence-corrected chi connectivity index (χ2v) is 6.69. The predicted molar refractivity (Wildman–Crippen MR) is 86.4 cm³/mol. The number of hydrogen-bond donors (Lipinski definition) is 1. The van der Waals surface area contributed by atoms with Gasteiger partial charge in [-0.25, -0.2) is 0 Å². The molecule has 0 aliphatic carbocycles. The normalized spacial score (nSPS) is 11.8. The number of rotatable bonds is 7. The van der Waals surface area contributed by atoms with Gasteiger partial charge in [0.2, 0.25) is 0 Å². The van der Waals surface area contributed by atoms with Gasteiger partial charge < -0.3 is 20.1 Å². The van der Waals surface area contributed by atoms with Gasteiger partial charge in [-0.2, -0.15) is 0 Å². The van der Waals surface area contributed by atoms with Crippen molar-refractivity contribution in [2.75, 3.05) is 34.4 Å². The van der Waals surface area contributed by atoms with Crippen molar-refractivity contribution in [3.63, 3.8) is 0 Å². The Morgan fingerprint density at radius 2 is 1.80 bits per heavy atom. The minimum Gasteiger partial charge on any atom is -0.496 e. The van der Waals surface area contributed by atoms with Gasteiger partial charge in [-0.1, -0.05) is 13.8 Å². The molecule has 20 heavy (non-hydrogen) atoms. The Bertz CT molecular complexity index is 450. The standard InChI is InChI=1S/C15H25BrN2O2/c1-15(2,9-17)10-18(3)8-11-6-14(20-5)12(16)7-13(11)19-4/h6-7H,8-10,17H2,1-5H3. The molecule has 0 unspecified atom stereocenters. The first-order chi connectivity index (χ1) is 9.32. The van der Waals surface area contributed by atoms with E-state index in [2.05, 4.69) is 41.7 Å². The molecular formula is C15H25BrN2O2. The highest BCUT2D eigenvalue weighted by atomic mass is 79.9. The minimum atomic E-state index is 0.0986. The van der Waals surface area contributed by atoms with Crippen molar-refractivity contribution < 1.29 is 9.47 Å². The van der Waals surface area contributed by atoms with Gasteiger partial charge in [0.15, 0.2) is 0 Å². The number of ether oxygens (including phenoxy) is 2. The first-order valence-corrected chi connectivity index (χ1v) is 7.41. The second kappa shape index (κ2) is 7.29. The summed E-state index contributed by atoms with van der Waals surface area (Å²) in [5.41, 5.74) is 6.99. The van der Waals surface area contributed by atoms with Crippen LogP contribution in [-0.4, -0.2) is 39.3 Å². The quantitative estimate of drug-likeness (QED) is 0.826. The molecule has 0 atom stereocenters. The summed E-state index contributed by atoms with van der Waals surface area (Å²) in [6, 6.07) is 3.95. The zero-order valence-corrected chi connectivity index (χ0v) is 14.6. The van der Waals surface area contributed by atoms with Gasteiger partial charge >= 0.3 is 0 Å². The summed E-state index contributed by atoms with van der Waals surface area (Å²) in [7, 11) is 5.44. The Labute approximate surface area is 130 Å². The number of hydrogen-bond acceptors (Lipinski definition) is 4. The Balaban J connectivity index is 2.90. The lowest BCUT2D eigenvalue weighted by molar-refractivity contribution is 0.208. The van der Waals surface area contributed by atoms with Crippen molar-refractivity contribution in [3.8, 4) is 11.5 Å². The van der Waals surface area contributed by atoms with E-state index in [9.17, 15) is 0 Å². The van der Waals surface area contributed by atoms with Crippen molar-refractivity contribution in [2.45, 2.75) is 20.4 Å². The van der Waals surface area contributed by atoms with Crippen LogP contribution in [0.2, 0.25) is 0 Å². The molecule has 114 valence electrons. The smallest absolute Gasteiger partial charge is 0.133 e. The van der Waals surface area contributed by atoms with E-state index >= 15 is 0 Å². The van der Waals surface area contributed by atoms with Crippen molar-refractivity contribution in [1.82, 2.24) is 4.90 Å². The molecule has 0 bridgehead atoms. The third-order valence-electron chi connectivity index (χ3n) is 3.25. The summed E-state index contributed by atoms with van der Waals surface area (Å²) in [6.45, 7) is 6.71. The largest absolute Gasteiger partial charge is 0.496 e. The molecule has 0 aliphatic heterocycles. The van der Waals surface area contributed by atoms with Gasteiger partial charge in [0, 0.05) is 18.7 Å². The zero-order valence-electron chi connectivity index (χ0n) is 13.0. The van der Waals surface area contributed by atoms with E-state index in [1.807, 2.05) is 12.1 Å². The molecule has 5 heteroatoms. The highest BCUT2D eigenvalue weighted by molar-refractivity contribution is 9.10. The van der Waals surface area contributed by atoms with Crippen molar-refractivity contribution in [1.29, 1.82) is 0 Å². The highest BCUT2D eigenvalue weighted by Gasteiger charge is 2.19. The van der Waals surface area contributed by atoms with Crippen LogP contribution < -0.4 is 15.2 Å². The van der Waals surface area contributed by atoms with E-state index in [1.165, 1.54) is 0 Å². The minimum absolute atomic E-state index is 0.0986. The average Bonchev–Trinajstić information content (AvgIpc) is 2.39. The molecule has 1 aromatic carbocycles. The monoisotopic (exact) mass is 344 g/mol. The molecule has 0 fully saturated rings. The van der Waals surface area contributed by atoms with Crippen LogP contribution in [0.15, 0.2) is 16.6 Å². The molecule has 0 saturated carbocycles. The van der Waals surface area contributed by atoms with E-state index in [4.69, 9.17) is 15.2 Å². The van der Waals surface area contributed by atoms with Gasteiger partial charge in [-0.05, 0) is 47.1 Å². The van der Waals surface area contributed by atoms with Crippen LogP contribution in [0.1, 0.15) is 19.4 Å². The molecule has 1 aromatic rings. The Morgan fingerprint density at radius 3 is 2.30 bits per heavy atom. The van der Waals surface area contributed by atoms with Crippen LogP contribution in [0.3, 0.4) is 0 Å². The zero-order chi connectivity index (χ0) is 15.3. The van der Waals surface area contributed by atoms with E-state index in [-0.39, 0.29) is 5.41 Å². The predicted octanol–water partition coefficient (Wildman–Crippen LogP) is 2.88. The Kier molecular flexibility index (Phi) is 6.30. The molecule has 0 aliphatic rings. The maximum Gasteiger partial charge on any atom is 0.133 e. The molecule has 0 radical (unpaired) electrons. The number of nitrogens with two attached hydrogens (primary N) is 1. The summed E-state index contributed by atoms with van der Waals surface area (Å²) in [6.07, 6.45) is 0. The first-order valence-electron chi connectivity index (χ1n) is 6.62. The van der Waals surface area contributed by atoms with Crippen molar-refractivity contribution >= 4 is 15.9 Å². The van der Waals surface area contributed by atoms with Gasteiger partial charge in [0.05, 0.1) is 18.7 Å². The molecular weight excluding hydrogens is 320 g/mol. The van der Waals surface area contributed by atoms with E-state index < -0.39 is 0 Å². The second-order valence-electron chi connectivity index (χ2n) is 5.84. The maximum absolute atomic E-state index is 5.79. The van der Waals surface area contributed by atoms with E-state index in [1.54, 1.807) is 14.2 Å². The van der Waals surface area contributed by atoms with Gasteiger partial charge in [0.25, 0.3) is 0 Å². The van der Waals surface area contributed by atoms with Crippen LogP contribution >= 0.6 is 15.9 Å². The lowest BCUT2D eigenvalue weighted by Gasteiger charge is -2.29. The van der Waals surface area contributed by atoms with E-state index in [0.29, 0.717) is 6.54 Å². The average molecular weight is 345 g/mol. The Hall–Kier alpha value is -0.780. The fourth-order valence-electron chi connectivity index (χ4n) is 2.19. The van der Waals surface area contributed by atoms with Crippen LogP contribution in [0, 0.1) is 5.41 Å². The third-order valence-corrected chi connectivity index (χ3v) is 3.87. The summed E-state index contributed by atoms with van der Waals surface area (Å²) >= 11 is 3.47. The van der Waals surface area contributed by atoms with Gasteiger partial charge in [-0.3, -0.25) is 0 Å². The number of halogens is 1. The molecule has 0 saturated heterocycles. The number of benzene rings is 1.